The molecular formula is C10H15NO2. The summed E-state index contributed by atoms with van der Waals surface area (Å²) in [5, 5.41) is 3.29. The molecule has 1 heterocycles. The van der Waals surface area contributed by atoms with Crippen LogP contribution in [0.3, 0.4) is 0 Å². The van der Waals surface area contributed by atoms with Crippen LogP contribution in [-0.4, -0.2) is 26.2 Å². The van der Waals surface area contributed by atoms with Crippen molar-refractivity contribution in [3.8, 4) is 11.8 Å². The standard InChI is InChI=1S/C10H15NO2/c1-13-10(12)4-2-3-9-5-7-11-8-6-9/h9,11H,3,5-8H2,1H3. The first-order valence-corrected chi connectivity index (χ1v) is 4.60. The van der Waals surface area contributed by atoms with Gasteiger partial charge in [0.15, 0.2) is 0 Å². The van der Waals surface area contributed by atoms with Crippen LogP contribution in [0.25, 0.3) is 0 Å². The summed E-state index contributed by atoms with van der Waals surface area (Å²) < 4.78 is 4.41. The van der Waals surface area contributed by atoms with Crippen molar-refractivity contribution in [3.05, 3.63) is 0 Å². The van der Waals surface area contributed by atoms with Gasteiger partial charge in [-0.25, -0.2) is 4.79 Å². The van der Waals surface area contributed by atoms with Crippen LogP contribution >= 0.6 is 0 Å². The fourth-order valence-electron chi connectivity index (χ4n) is 1.40. The molecule has 72 valence electrons. The molecule has 0 amide bonds. The summed E-state index contributed by atoms with van der Waals surface area (Å²) in [6, 6.07) is 0. The molecule has 0 aliphatic carbocycles. The van der Waals surface area contributed by atoms with E-state index in [1.54, 1.807) is 0 Å². The molecule has 0 unspecified atom stereocenters. The van der Waals surface area contributed by atoms with Crippen molar-refractivity contribution in [3.63, 3.8) is 0 Å². The van der Waals surface area contributed by atoms with E-state index in [9.17, 15) is 4.79 Å². The van der Waals surface area contributed by atoms with Gasteiger partial charge in [0.1, 0.15) is 0 Å². The van der Waals surface area contributed by atoms with Gasteiger partial charge in [-0.1, -0.05) is 5.92 Å². The van der Waals surface area contributed by atoms with E-state index in [2.05, 4.69) is 21.9 Å². The Morgan fingerprint density at radius 3 is 2.85 bits per heavy atom. The average molecular weight is 181 g/mol. The van der Waals surface area contributed by atoms with E-state index < -0.39 is 5.97 Å². The third-order valence-corrected chi connectivity index (χ3v) is 2.23. The van der Waals surface area contributed by atoms with Gasteiger partial charge in [-0.2, -0.15) is 0 Å². The highest BCUT2D eigenvalue weighted by atomic mass is 16.5. The molecule has 3 nitrogen and oxygen atoms in total. The van der Waals surface area contributed by atoms with Gasteiger partial charge in [-0.05, 0) is 31.8 Å². The molecule has 3 heteroatoms. The molecule has 0 radical (unpaired) electrons. The number of hydrogen-bond donors (Lipinski definition) is 1. The molecule has 0 spiro atoms. The quantitative estimate of drug-likeness (QED) is 0.365. The molecule has 1 aliphatic rings. The first-order chi connectivity index (χ1) is 6.33. The molecule has 0 atom stereocenters. The molecule has 0 aromatic rings. The van der Waals surface area contributed by atoms with Crippen LogP contribution in [0.5, 0.6) is 0 Å². The van der Waals surface area contributed by atoms with E-state index in [0.29, 0.717) is 5.92 Å². The second-order valence-electron chi connectivity index (χ2n) is 3.19. The number of rotatable bonds is 1. The maximum Gasteiger partial charge on any atom is 0.384 e. The highest BCUT2D eigenvalue weighted by Gasteiger charge is 2.10. The molecular weight excluding hydrogens is 166 g/mol. The lowest BCUT2D eigenvalue weighted by Crippen LogP contribution is -2.27. The van der Waals surface area contributed by atoms with Crippen LogP contribution < -0.4 is 5.32 Å². The van der Waals surface area contributed by atoms with Crippen LogP contribution in [0, 0.1) is 17.8 Å². The molecule has 1 saturated heterocycles. The molecule has 0 aromatic carbocycles. The lowest BCUT2D eigenvalue weighted by molar-refractivity contribution is -0.133. The third kappa shape index (κ3) is 3.95. The number of hydrogen-bond acceptors (Lipinski definition) is 3. The van der Waals surface area contributed by atoms with Gasteiger partial charge in [0.05, 0.1) is 7.11 Å². The van der Waals surface area contributed by atoms with Crippen LogP contribution in [0.4, 0.5) is 0 Å². The maximum atomic E-state index is 10.6. The number of ether oxygens (including phenoxy) is 1. The Kier molecular flexibility index (Phi) is 4.34. The summed E-state index contributed by atoms with van der Waals surface area (Å²) in [5.41, 5.74) is 0. The van der Waals surface area contributed by atoms with Gasteiger partial charge < -0.3 is 10.1 Å². The fourth-order valence-corrected chi connectivity index (χ4v) is 1.40. The van der Waals surface area contributed by atoms with Crippen LogP contribution in [0.1, 0.15) is 19.3 Å². The van der Waals surface area contributed by atoms with Crippen molar-refractivity contribution in [2.45, 2.75) is 19.3 Å². The summed E-state index contributed by atoms with van der Waals surface area (Å²) in [6.45, 7) is 2.15. The van der Waals surface area contributed by atoms with E-state index in [1.807, 2.05) is 0 Å². The number of nitrogens with one attached hydrogen (secondary N) is 1. The molecule has 0 aromatic heterocycles. The second-order valence-corrected chi connectivity index (χ2v) is 3.19. The van der Waals surface area contributed by atoms with Gasteiger partial charge >= 0.3 is 5.97 Å². The van der Waals surface area contributed by atoms with Crippen molar-refractivity contribution in [1.29, 1.82) is 0 Å². The average Bonchev–Trinajstić information content (AvgIpc) is 2.19. The molecule has 1 fully saturated rings. The van der Waals surface area contributed by atoms with E-state index in [4.69, 9.17) is 0 Å². The van der Waals surface area contributed by atoms with E-state index in [-0.39, 0.29) is 0 Å². The molecule has 1 aliphatic heterocycles. The summed E-state index contributed by atoms with van der Waals surface area (Å²) >= 11 is 0. The topological polar surface area (TPSA) is 38.3 Å². The summed E-state index contributed by atoms with van der Waals surface area (Å²) in [5.74, 6) is 5.52. The highest BCUT2D eigenvalue weighted by Crippen LogP contribution is 2.14. The van der Waals surface area contributed by atoms with Gasteiger partial charge in [-0.15, -0.1) is 0 Å². The minimum atomic E-state index is -0.436. The summed E-state index contributed by atoms with van der Waals surface area (Å²) in [6.07, 6.45) is 3.14. The Hall–Kier alpha value is -1.01. The monoisotopic (exact) mass is 181 g/mol. The Morgan fingerprint density at radius 2 is 2.23 bits per heavy atom. The van der Waals surface area contributed by atoms with Crippen molar-refractivity contribution in [2.75, 3.05) is 20.2 Å². The summed E-state index contributed by atoms with van der Waals surface area (Å²) in [7, 11) is 1.35. The van der Waals surface area contributed by atoms with Crippen LogP contribution in [0.2, 0.25) is 0 Å². The first-order valence-electron chi connectivity index (χ1n) is 4.60. The van der Waals surface area contributed by atoms with Crippen molar-refractivity contribution in [2.24, 2.45) is 5.92 Å². The van der Waals surface area contributed by atoms with Crippen molar-refractivity contribution in [1.82, 2.24) is 5.32 Å². The smallest absolute Gasteiger partial charge is 0.384 e. The Balaban J connectivity index is 2.22. The molecule has 0 saturated carbocycles. The van der Waals surface area contributed by atoms with Crippen molar-refractivity contribution >= 4 is 5.97 Å². The number of carbonyl (C=O) groups excluding carboxylic acids is 1. The van der Waals surface area contributed by atoms with E-state index in [0.717, 1.165) is 32.4 Å². The van der Waals surface area contributed by atoms with Crippen LogP contribution in [0.15, 0.2) is 0 Å². The third-order valence-electron chi connectivity index (χ3n) is 2.23. The number of esters is 1. The van der Waals surface area contributed by atoms with E-state index >= 15 is 0 Å². The second kappa shape index (κ2) is 5.60. The van der Waals surface area contributed by atoms with Gasteiger partial charge in [0, 0.05) is 12.3 Å². The number of carbonyl (C=O) groups is 1. The van der Waals surface area contributed by atoms with Crippen LogP contribution in [-0.2, 0) is 9.53 Å². The van der Waals surface area contributed by atoms with Gasteiger partial charge in [-0.3, -0.25) is 0 Å². The zero-order valence-corrected chi connectivity index (χ0v) is 7.93. The zero-order valence-electron chi connectivity index (χ0n) is 7.93. The lowest BCUT2D eigenvalue weighted by Gasteiger charge is -2.19. The number of methoxy groups -OCH3 is 1. The normalized spacial score (nSPS) is 17.3. The zero-order chi connectivity index (χ0) is 9.52. The lowest BCUT2D eigenvalue weighted by atomic mass is 9.95. The number of piperidine rings is 1. The Labute approximate surface area is 78.8 Å². The minimum Gasteiger partial charge on any atom is -0.459 e. The van der Waals surface area contributed by atoms with Gasteiger partial charge in [0.2, 0.25) is 0 Å². The molecule has 13 heavy (non-hydrogen) atoms. The fraction of sp³-hybridized carbons (Fsp3) is 0.700. The first kappa shape index (κ1) is 10.1. The predicted octanol–water partition coefficient (Wildman–Crippen LogP) is 0.552. The van der Waals surface area contributed by atoms with Gasteiger partial charge in [0.25, 0.3) is 0 Å². The Morgan fingerprint density at radius 1 is 1.54 bits per heavy atom. The molecule has 1 rings (SSSR count). The Bertz CT molecular complexity index is 221. The van der Waals surface area contributed by atoms with E-state index in [1.165, 1.54) is 7.11 Å². The maximum absolute atomic E-state index is 10.6. The largest absolute Gasteiger partial charge is 0.459 e. The highest BCUT2D eigenvalue weighted by molar-refractivity contribution is 5.88. The predicted molar refractivity (Wildman–Crippen MR) is 50.0 cm³/mol. The molecule has 1 N–H and O–H groups in total. The molecule has 0 bridgehead atoms. The van der Waals surface area contributed by atoms with Crippen molar-refractivity contribution < 1.29 is 9.53 Å². The SMILES string of the molecule is COC(=O)C#CCC1CCNCC1. The summed E-state index contributed by atoms with van der Waals surface area (Å²) in [4.78, 5) is 10.6. The minimum absolute atomic E-state index is 0.436.